The van der Waals surface area contributed by atoms with Crippen LogP contribution in [-0.2, 0) is 10.4 Å². The van der Waals surface area contributed by atoms with E-state index >= 15 is 0 Å². The molecule has 4 nitrogen and oxygen atoms in total. The minimum atomic E-state index is -4.46. The number of rotatable bonds is 3. The molecule has 0 aliphatic heterocycles. The summed E-state index contributed by atoms with van der Waals surface area (Å²) in [5, 5.41) is 0. The van der Waals surface area contributed by atoms with Crippen molar-refractivity contribution in [2.24, 2.45) is 0 Å². The van der Waals surface area contributed by atoms with Crippen molar-refractivity contribution in [1.29, 1.82) is 0 Å². The maximum Gasteiger partial charge on any atom is 1.00 e. The average Bonchev–Trinajstić information content (AvgIpc) is 2.02. The third-order valence-electron chi connectivity index (χ3n) is 1.33. The molecule has 0 heterocycles. The van der Waals surface area contributed by atoms with Gasteiger partial charge >= 0.3 is 40.0 Å². The monoisotopic (exact) mass is 224 g/mol. The van der Waals surface area contributed by atoms with Crippen LogP contribution in [0.1, 0.15) is 6.99 Å². The Morgan fingerprint density at radius 1 is 1.43 bits per heavy atom. The summed E-state index contributed by atoms with van der Waals surface area (Å²) in [7, 11) is -4.46. The van der Waals surface area contributed by atoms with Crippen LogP contribution in [0, 0.1) is 0 Å². The van der Waals surface area contributed by atoms with Crippen molar-refractivity contribution in [3.63, 3.8) is 0 Å². The van der Waals surface area contributed by atoms with E-state index in [9.17, 15) is 8.42 Å². The Kier molecular flexibility index (Phi) is 5.40. The fraction of sp³-hybridized carbons (Fsp3) is 0. The Morgan fingerprint density at radius 3 is 2.50 bits per heavy atom. The van der Waals surface area contributed by atoms with Crippen LogP contribution < -0.4 is 33.7 Å². The first kappa shape index (κ1) is 13.7. The van der Waals surface area contributed by atoms with Gasteiger partial charge in [0, 0.05) is 5.56 Å². The first-order chi connectivity index (χ1) is 6.03. The fourth-order valence-corrected chi connectivity index (χ4v) is 1.22. The van der Waals surface area contributed by atoms with Crippen LogP contribution in [0.25, 0.3) is 6.08 Å². The normalized spacial score (nSPS) is 10.1. The molecule has 0 bridgehead atoms. The molecule has 14 heavy (non-hydrogen) atoms. The zero-order valence-electron chi connectivity index (χ0n) is 8.67. The van der Waals surface area contributed by atoms with Gasteiger partial charge in [-0.25, -0.2) is 0 Å². The SMILES string of the molecule is C=Cc1ccccc1OS(=O)(=O)O.[H-].[Na+]. The Labute approximate surface area is 106 Å². The zero-order valence-corrected chi connectivity index (χ0v) is 10.5. The van der Waals surface area contributed by atoms with Crippen LogP contribution in [0.15, 0.2) is 30.8 Å². The van der Waals surface area contributed by atoms with Crippen molar-refractivity contribution >= 4 is 16.5 Å². The topological polar surface area (TPSA) is 63.6 Å². The maximum absolute atomic E-state index is 10.4. The molecule has 0 atom stereocenters. The van der Waals surface area contributed by atoms with Gasteiger partial charge in [0.1, 0.15) is 0 Å². The van der Waals surface area contributed by atoms with Crippen molar-refractivity contribution in [3.05, 3.63) is 36.4 Å². The van der Waals surface area contributed by atoms with E-state index < -0.39 is 10.4 Å². The van der Waals surface area contributed by atoms with Crippen molar-refractivity contribution < 1.29 is 48.1 Å². The second-order valence-corrected chi connectivity index (χ2v) is 3.28. The molecule has 0 aliphatic carbocycles. The van der Waals surface area contributed by atoms with Crippen molar-refractivity contribution in [3.8, 4) is 5.75 Å². The fourth-order valence-electron chi connectivity index (χ4n) is 0.839. The summed E-state index contributed by atoms with van der Waals surface area (Å²) in [5.41, 5.74) is 0.500. The predicted octanol–water partition coefficient (Wildman–Crippen LogP) is -1.37. The first-order valence-corrected chi connectivity index (χ1v) is 4.78. The van der Waals surface area contributed by atoms with Crippen molar-refractivity contribution in [2.75, 3.05) is 0 Å². The molecule has 0 unspecified atom stereocenters. The van der Waals surface area contributed by atoms with Gasteiger partial charge in [0.15, 0.2) is 5.75 Å². The quantitative estimate of drug-likeness (QED) is 0.508. The molecule has 72 valence electrons. The molecule has 0 radical (unpaired) electrons. The zero-order chi connectivity index (χ0) is 9.90. The number of hydrogen-bond acceptors (Lipinski definition) is 3. The Morgan fingerprint density at radius 2 is 2.00 bits per heavy atom. The van der Waals surface area contributed by atoms with Gasteiger partial charge in [0.05, 0.1) is 0 Å². The van der Waals surface area contributed by atoms with Gasteiger partial charge < -0.3 is 5.61 Å². The van der Waals surface area contributed by atoms with E-state index in [0.717, 1.165) is 0 Å². The van der Waals surface area contributed by atoms with Gasteiger partial charge in [-0.05, 0) is 6.07 Å². The van der Waals surface area contributed by atoms with E-state index in [1.54, 1.807) is 18.2 Å². The molecule has 0 fully saturated rings. The van der Waals surface area contributed by atoms with Gasteiger partial charge in [-0.3, -0.25) is 4.55 Å². The number of hydrogen-bond donors (Lipinski definition) is 1. The van der Waals surface area contributed by atoms with E-state index in [-0.39, 0.29) is 36.7 Å². The molecular formula is C8H9NaO4S. The molecule has 0 saturated heterocycles. The van der Waals surface area contributed by atoms with Crippen molar-refractivity contribution in [1.82, 2.24) is 0 Å². The second-order valence-electron chi connectivity index (χ2n) is 2.25. The van der Waals surface area contributed by atoms with Crippen LogP contribution in [0.4, 0.5) is 0 Å². The molecule has 0 aliphatic rings. The first-order valence-electron chi connectivity index (χ1n) is 3.41. The molecule has 0 spiro atoms. The van der Waals surface area contributed by atoms with Crippen LogP contribution in [-0.4, -0.2) is 13.0 Å². The standard InChI is InChI=1S/C8H8O4S.Na.H/c1-2-7-5-3-4-6-8(7)12-13(9,10)11;;/h2-6H,1H2,(H,9,10,11);;/q;+1;-1. The Bertz CT molecular complexity index is 418. The Balaban J connectivity index is 0. The minimum absolute atomic E-state index is 0. The molecule has 1 N–H and O–H groups in total. The van der Waals surface area contributed by atoms with E-state index in [4.69, 9.17) is 4.55 Å². The molecule has 1 rings (SSSR count). The maximum atomic E-state index is 10.4. The van der Waals surface area contributed by atoms with E-state index in [0.29, 0.717) is 5.56 Å². The van der Waals surface area contributed by atoms with Gasteiger partial charge in [-0.15, -0.1) is 0 Å². The third-order valence-corrected chi connectivity index (χ3v) is 1.72. The molecule has 1 aromatic rings. The second kappa shape index (κ2) is 5.53. The largest absolute Gasteiger partial charge is 1.00 e. The summed E-state index contributed by atoms with van der Waals surface area (Å²) < 4.78 is 33.4. The Hall–Kier alpha value is -0.330. The number of benzene rings is 1. The van der Waals surface area contributed by atoms with Gasteiger partial charge in [0.2, 0.25) is 0 Å². The van der Waals surface area contributed by atoms with Gasteiger partial charge in [-0.2, -0.15) is 8.42 Å². The molecule has 0 aromatic heterocycles. The predicted molar refractivity (Wildman–Crippen MR) is 49.8 cm³/mol. The third kappa shape index (κ3) is 4.26. The van der Waals surface area contributed by atoms with E-state index in [2.05, 4.69) is 10.8 Å². The van der Waals surface area contributed by atoms with E-state index in [1.165, 1.54) is 12.1 Å². The van der Waals surface area contributed by atoms with Crippen LogP contribution in [0.5, 0.6) is 5.75 Å². The van der Waals surface area contributed by atoms with Gasteiger partial charge in [-0.1, -0.05) is 30.9 Å². The minimum Gasteiger partial charge on any atom is -1.00 e. The van der Waals surface area contributed by atoms with Crippen LogP contribution >= 0.6 is 0 Å². The number of para-hydroxylation sites is 1. The summed E-state index contributed by atoms with van der Waals surface area (Å²) in [6.07, 6.45) is 1.43. The van der Waals surface area contributed by atoms with Crippen LogP contribution in [0.3, 0.4) is 0 Å². The summed E-state index contributed by atoms with van der Waals surface area (Å²) >= 11 is 0. The molecule has 1 aromatic carbocycles. The van der Waals surface area contributed by atoms with Gasteiger partial charge in [0.25, 0.3) is 0 Å². The summed E-state index contributed by atoms with van der Waals surface area (Å²) in [6, 6.07) is 6.33. The smallest absolute Gasteiger partial charge is 1.00 e. The summed E-state index contributed by atoms with van der Waals surface area (Å²) in [5.74, 6) is 0.0556. The summed E-state index contributed by atoms with van der Waals surface area (Å²) in [4.78, 5) is 0. The molecule has 0 saturated carbocycles. The average molecular weight is 224 g/mol. The van der Waals surface area contributed by atoms with Crippen LogP contribution in [0.2, 0.25) is 0 Å². The van der Waals surface area contributed by atoms with Crippen molar-refractivity contribution in [2.45, 2.75) is 0 Å². The summed E-state index contributed by atoms with van der Waals surface area (Å²) in [6.45, 7) is 3.47. The molecule has 6 heteroatoms. The van der Waals surface area contributed by atoms with E-state index in [1.807, 2.05) is 0 Å². The molecular weight excluding hydrogens is 215 g/mol. The molecule has 0 amide bonds.